The zero-order valence-electron chi connectivity index (χ0n) is 16.3. The molecule has 1 saturated heterocycles. The molecule has 1 rings (SSSR count). The first-order valence-electron chi connectivity index (χ1n) is 9.84. The molecular formula is C18H34FN3O4. The Morgan fingerprint density at radius 2 is 1.38 bits per heavy atom. The Hall–Kier alpha value is -0.920. The van der Waals surface area contributed by atoms with Crippen LogP contribution in [0.25, 0.3) is 10.4 Å². The van der Waals surface area contributed by atoms with E-state index < -0.39 is 30.8 Å². The van der Waals surface area contributed by atoms with Crippen LogP contribution in [0.2, 0.25) is 0 Å². The van der Waals surface area contributed by atoms with E-state index in [1.54, 1.807) is 0 Å². The van der Waals surface area contributed by atoms with Gasteiger partial charge in [0.15, 0.2) is 0 Å². The minimum Gasteiger partial charge on any atom is -0.373 e. The second-order valence-electron chi connectivity index (χ2n) is 6.51. The predicted molar refractivity (Wildman–Crippen MR) is 97.7 cm³/mol. The molecule has 26 heavy (non-hydrogen) atoms. The SMILES string of the molecule is CCCCOC1C(F)OC(CN=[N+]=[N-])C(OCCCC)C1OCCCC. The van der Waals surface area contributed by atoms with E-state index >= 15 is 0 Å². The van der Waals surface area contributed by atoms with Crippen LogP contribution in [0.1, 0.15) is 59.3 Å². The Kier molecular flexibility index (Phi) is 12.6. The normalized spacial score (nSPS) is 28.7. The van der Waals surface area contributed by atoms with Gasteiger partial charge in [-0.15, -0.1) is 0 Å². The molecule has 1 aliphatic rings. The van der Waals surface area contributed by atoms with E-state index in [2.05, 4.69) is 30.8 Å². The van der Waals surface area contributed by atoms with E-state index in [0.29, 0.717) is 19.8 Å². The second-order valence-corrected chi connectivity index (χ2v) is 6.51. The summed E-state index contributed by atoms with van der Waals surface area (Å²) in [5.74, 6) is 0. The van der Waals surface area contributed by atoms with Gasteiger partial charge in [-0.1, -0.05) is 45.1 Å². The maximum atomic E-state index is 14.7. The van der Waals surface area contributed by atoms with Gasteiger partial charge in [-0.2, -0.15) is 0 Å². The van der Waals surface area contributed by atoms with Gasteiger partial charge in [-0.05, 0) is 24.8 Å². The first-order chi connectivity index (χ1) is 12.7. The third-order valence-electron chi connectivity index (χ3n) is 4.33. The second kappa shape index (κ2) is 14.2. The van der Waals surface area contributed by atoms with Gasteiger partial charge >= 0.3 is 0 Å². The summed E-state index contributed by atoms with van der Waals surface area (Å²) < 4.78 is 37.8. The van der Waals surface area contributed by atoms with E-state index in [-0.39, 0.29) is 6.54 Å². The third-order valence-corrected chi connectivity index (χ3v) is 4.33. The molecule has 0 aromatic rings. The molecular weight excluding hydrogens is 341 g/mol. The minimum atomic E-state index is -1.64. The maximum absolute atomic E-state index is 14.7. The molecule has 7 nitrogen and oxygen atoms in total. The molecule has 1 heterocycles. The summed E-state index contributed by atoms with van der Waals surface area (Å²) in [4.78, 5) is 2.76. The smallest absolute Gasteiger partial charge is 0.228 e. The average Bonchev–Trinajstić information content (AvgIpc) is 2.64. The predicted octanol–water partition coefficient (Wildman–Crippen LogP) is 4.55. The van der Waals surface area contributed by atoms with E-state index in [9.17, 15) is 4.39 Å². The highest BCUT2D eigenvalue weighted by Crippen LogP contribution is 2.30. The summed E-state index contributed by atoms with van der Waals surface area (Å²) in [6.07, 6.45) is 1.25. The molecule has 5 unspecified atom stereocenters. The molecule has 1 aliphatic heterocycles. The van der Waals surface area contributed by atoms with Gasteiger partial charge in [0, 0.05) is 24.7 Å². The Balaban J connectivity index is 2.91. The Bertz CT molecular complexity index is 410. The molecule has 0 aromatic heterocycles. The van der Waals surface area contributed by atoms with Gasteiger partial charge in [0.25, 0.3) is 0 Å². The molecule has 0 N–H and O–H groups in total. The minimum absolute atomic E-state index is 0.00301. The molecule has 152 valence electrons. The average molecular weight is 375 g/mol. The number of azide groups is 1. The maximum Gasteiger partial charge on any atom is 0.228 e. The zero-order valence-corrected chi connectivity index (χ0v) is 16.3. The van der Waals surface area contributed by atoms with Crippen LogP contribution in [0, 0.1) is 0 Å². The summed E-state index contributed by atoms with van der Waals surface area (Å²) in [7, 11) is 0. The zero-order chi connectivity index (χ0) is 19.2. The molecule has 0 radical (unpaired) electrons. The number of rotatable bonds is 14. The van der Waals surface area contributed by atoms with Crippen LogP contribution >= 0.6 is 0 Å². The number of hydrogen-bond donors (Lipinski definition) is 0. The number of nitrogens with zero attached hydrogens (tertiary/aromatic N) is 3. The fraction of sp³-hybridized carbons (Fsp3) is 1.00. The fourth-order valence-corrected chi connectivity index (χ4v) is 2.79. The lowest BCUT2D eigenvalue weighted by Gasteiger charge is -2.43. The summed E-state index contributed by atoms with van der Waals surface area (Å²) >= 11 is 0. The Labute approximate surface area is 156 Å². The van der Waals surface area contributed by atoms with Crippen molar-refractivity contribution < 1.29 is 23.3 Å². The summed E-state index contributed by atoms with van der Waals surface area (Å²) in [6.45, 7) is 7.66. The van der Waals surface area contributed by atoms with Crippen molar-refractivity contribution in [3.63, 3.8) is 0 Å². The van der Waals surface area contributed by atoms with Crippen molar-refractivity contribution >= 4 is 0 Å². The van der Waals surface area contributed by atoms with Gasteiger partial charge in [0.05, 0.1) is 12.6 Å². The quantitative estimate of drug-likeness (QED) is 0.193. The van der Waals surface area contributed by atoms with Gasteiger partial charge < -0.3 is 18.9 Å². The third kappa shape index (κ3) is 7.76. The lowest BCUT2D eigenvalue weighted by molar-refractivity contribution is -0.284. The number of ether oxygens (including phenoxy) is 4. The number of hydrogen-bond acceptors (Lipinski definition) is 5. The molecule has 0 saturated carbocycles. The van der Waals surface area contributed by atoms with Crippen LogP contribution in [0.4, 0.5) is 4.39 Å². The van der Waals surface area contributed by atoms with Crippen molar-refractivity contribution in [1.82, 2.24) is 0 Å². The lowest BCUT2D eigenvalue weighted by atomic mass is 9.98. The van der Waals surface area contributed by atoms with E-state index in [1.807, 2.05) is 0 Å². The molecule has 0 aromatic carbocycles. The lowest BCUT2D eigenvalue weighted by Crippen LogP contribution is -2.60. The van der Waals surface area contributed by atoms with E-state index in [0.717, 1.165) is 38.5 Å². The van der Waals surface area contributed by atoms with E-state index in [1.165, 1.54) is 0 Å². The first kappa shape index (κ1) is 23.1. The molecule has 1 fully saturated rings. The summed E-state index contributed by atoms with van der Waals surface area (Å²) in [5.41, 5.74) is 8.61. The van der Waals surface area contributed by atoms with Gasteiger partial charge in [-0.25, -0.2) is 4.39 Å². The fourth-order valence-electron chi connectivity index (χ4n) is 2.79. The number of alkyl halides is 1. The van der Waals surface area contributed by atoms with Crippen LogP contribution < -0.4 is 0 Å². The summed E-state index contributed by atoms with van der Waals surface area (Å²) in [6, 6.07) is 0. The molecule has 0 aliphatic carbocycles. The Morgan fingerprint density at radius 1 is 0.885 bits per heavy atom. The van der Waals surface area contributed by atoms with Crippen molar-refractivity contribution in [1.29, 1.82) is 0 Å². The van der Waals surface area contributed by atoms with Crippen LogP contribution in [-0.4, -0.2) is 57.1 Å². The standard InChI is InChI=1S/C18H34FN3O4/c1-4-7-10-23-15-14(13-21-22-20)26-18(19)17(25-12-9-6-3)16(15)24-11-8-5-2/h14-18H,4-13H2,1-3H3. The summed E-state index contributed by atoms with van der Waals surface area (Å²) in [5, 5.41) is 3.55. The van der Waals surface area contributed by atoms with Crippen LogP contribution in [-0.2, 0) is 18.9 Å². The van der Waals surface area contributed by atoms with Crippen LogP contribution in [0.3, 0.4) is 0 Å². The Morgan fingerprint density at radius 3 is 1.88 bits per heavy atom. The van der Waals surface area contributed by atoms with Crippen molar-refractivity contribution in [2.45, 2.75) is 90.1 Å². The highest BCUT2D eigenvalue weighted by atomic mass is 19.1. The van der Waals surface area contributed by atoms with Crippen LogP contribution in [0.5, 0.6) is 0 Å². The first-order valence-corrected chi connectivity index (χ1v) is 9.84. The van der Waals surface area contributed by atoms with Gasteiger partial charge in [0.1, 0.15) is 18.3 Å². The monoisotopic (exact) mass is 375 g/mol. The van der Waals surface area contributed by atoms with Crippen molar-refractivity contribution in [3.05, 3.63) is 10.4 Å². The number of halogens is 1. The molecule has 5 atom stereocenters. The van der Waals surface area contributed by atoms with Crippen LogP contribution in [0.15, 0.2) is 5.11 Å². The van der Waals surface area contributed by atoms with Crippen molar-refractivity contribution in [3.8, 4) is 0 Å². The molecule has 0 spiro atoms. The highest BCUT2D eigenvalue weighted by Gasteiger charge is 2.48. The largest absolute Gasteiger partial charge is 0.373 e. The molecule has 0 bridgehead atoms. The molecule has 8 heteroatoms. The van der Waals surface area contributed by atoms with Gasteiger partial charge in [0.2, 0.25) is 6.36 Å². The van der Waals surface area contributed by atoms with Crippen molar-refractivity contribution in [2.24, 2.45) is 5.11 Å². The molecule has 0 amide bonds. The van der Waals surface area contributed by atoms with E-state index in [4.69, 9.17) is 24.5 Å². The number of unbranched alkanes of at least 4 members (excludes halogenated alkanes) is 3. The van der Waals surface area contributed by atoms with Crippen molar-refractivity contribution in [2.75, 3.05) is 26.4 Å². The van der Waals surface area contributed by atoms with Gasteiger partial charge in [-0.3, -0.25) is 0 Å². The highest BCUT2D eigenvalue weighted by molar-refractivity contribution is 4.93. The topological polar surface area (TPSA) is 85.7 Å².